The summed E-state index contributed by atoms with van der Waals surface area (Å²) in [7, 11) is 0. The van der Waals surface area contributed by atoms with Crippen LogP contribution in [0.4, 0.5) is 0 Å². The summed E-state index contributed by atoms with van der Waals surface area (Å²) in [5.74, 6) is 0. The van der Waals surface area contributed by atoms with E-state index in [1.807, 2.05) is 6.26 Å². The first-order valence-electron chi connectivity index (χ1n) is 7.16. The van der Waals surface area contributed by atoms with Crippen molar-refractivity contribution in [2.45, 2.75) is 45.8 Å². The first kappa shape index (κ1) is 14.1. The highest BCUT2D eigenvalue weighted by molar-refractivity contribution is 5.20. The van der Waals surface area contributed by atoms with E-state index < -0.39 is 0 Å². The van der Waals surface area contributed by atoms with Gasteiger partial charge in [-0.15, -0.1) is 0 Å². The van der Waals surface area contributed by atoms with Gasteiger partial charge in [0.05, 0.1) is 6.26 Å². The zero-order valence-electron chi connectivity index (χ0n) is 12.2. The number of allylic oxidation sites excluding steroid dienone is 1. The second-order valence-electron chi connectivity index (χ2n) is 6.33. The van der Waals surface area contributed by atoms with E-state index in [-0.39, 0.29) is 5.41 Å². The van der Waals surface area contributed by atoms with Crippen LogP contribution in [0.1, 0.15) is 45.2 Å². The second kappa shape index (κ2) is 6.25. The Balaban J connectivity index is 2.01. The van der Waals surface area contributed by atoms with Gasteiger partial charge < -0.3 is 10.1 Å². The van der Waals surface area contributed by atoms with Gasteiger partial charge >= 0.3 is 0 Å². The van der Waals surface area contributed by atoms with Crippen molar-refractivity contribution in [1.29, 1.82) is 0 Å². The third-order valence-electron chi connectivity index (χ3n) is 3.57. The second-order valence-corrected chi connectivity index (χ2v) is 6.33. The van der Waals surface area contributed by atoms with Gasteiger partial charge in [-0.2, -0.15) is 0 Å². The maximum absolute atomic E-state index is 5.63. The highest BCUT2D eigenvalue weighted by Gasteiger charge is 2.26. The number of ether oxygens (including phenoxy) is 1. The third-order valence-corrected chi connectivity index (χ3v) is 3.57. The quantitative estimate of drug-likeness (QED) is 0.880. The lowest BCUT2D eigenvalue weighted by atomic mass is 9.82. The minimum absolute atomic E-state index is 0.186. The summed E-state index contributed by atoms with van der Waals surface area (Å²) >= 11 is 0. The fourth-order valence-corrected chi connectivity index (χ4v) is 2.55. The van der Waals surface area contributed by atoms with Gasteiger partial charge in [-0.1, -0.05) is 51.1 Å². The number of rotatable bonds is 4. The first-order valence-corrected chi connectivity index (χ1v) is 7.16. The van der Waals surface area contributed by atoms with E-state index in [0.717, 1.165) is 19.4 Å². The van der Waals surface area contributed by atoms with E-state index >= 15 is 0 Å². The minimum atomic E-state index is 0.186. The molecule has 1 aromatic carbocycles. The zero-order chi connectivity index (χ0) is 13.7. The molecule has 0 radical (unpaired) electrons. The molecule has 1 aromatic rings. The summed E-state index contributed by atoms with van der Waals surface area (Å²) in [5.41, 5.74) is 1.53. The lowest BCUT2D eigenvalue weighted by molar-refractivity contribution is 0.111. The van der Waals surface area contributed by atoms with Crippen LogP contribution in [-0.4, -0.2) is 12.6 Å². The molecule has 0 spiro atoms. The molecular weight excluding hydrogens is 234 g/mol. The summed E-state index contributed by atoms with van der Waals surface area (Å²) in [6.07, 6.45) is 6.46. The number of hydrogen-bond acceptors (Lipinski definition) is 2. The lowest BCUT2D eigenvalue weighted by Crippen LogP contribution is -2.38. The van der Waals surface area contributed by atoms with Crippen LogP contribution in [0.5, 0.6) is 0 Å². The monoisotopic (exact) mass is 259 g/mol. The summed E-state index contributed by atoms with van der Waals surface area (Å²) in [4.78, 5) is 0. The van der Waals surface area contributed by atoms with Crippen LogP contribution in [0.15, 0.2) is 42.7 Å². The molecule has 0 amide bonds. The van der Waals surface area contributed by atoms with Crippen LogP contribution >= 0.6 is 0 Å². The standard InChI is InChI=1S/C17H25NO/c1-17(2,3)16(14-9-5-4-6-10-14)18-13-15-11-7-8-12-19-15/h4-6,8-10,12,15-16,18H,7,11,13H2,1-3H3. The molecule has 0 saturated heterocycles. The third kappa shape index (κ3) is 4.10. The van der Waals surface area contributed by atoms with Gasteiger partial charge in [0.1, 0.15) is 6.10 Å². The molecule has 2 unspecified atom stereocenters. The van der Waals surface area contributed by atoms with Gasteiger partial charge in [0.25, 0.3) is 0 Å². The average Bonchev–Trinajstić information content (AvgIpc) is 2.40. The van der Waals surface area contributed by atoms with Crippen molar-refractivity contribution in [1.82, 2.24) is 5.32 Å². The molecule has 104 valence electrons. The van der Waals surface area contributed by atoms with Gasteiger partial charge in [0.15, 0.2) is 0 Å². The van der Waals surface area contributed by atoms with Gasteiger partial charge in [0.2, 0.25) is 0 Å². The van der Waals surface area contributed by atoms with Gasteiger partial charge in [-0.3, -0.25) is 0 Å². The first-order chi connectivity index (χ1) is 9.07. The molecule has 2 heteroatoms. The molecule has 1 aliphatic heterocycles. The normalized spacial score (nSPS) is 20.9. The highest BCUT2D eigenvalue weighted by Crippen LogP contribution is 2.32. The van der Waals surface area contributed by atoms with Crippen LogP contribution in [0.3, 0.4) is 0 Å². The van der Waals surface area contributed by atoms with Crippen molar-refractivity contribution in [3.05, 3.63) is 48.2 Å². The molecule has 0 fully saturated rings. The summed E-state index contributed by atoms with van der Waals surface area (Å²) in [6, 6.07) is 11.0. The Morgan fingerprint density at radius 2 is 2.00 bits per heavy atom. The summed E-state index contributed by atoms with van der Waals surface area (Å²) in [5, 5.41) is 3.69. The Labute approximate surface area is 116 Å². The van der Waals surface area contributed by atoms with Crippen molar-refractivity contribution in [2.24, 2.45) is 5.41 Å². The summed E-state index contributed by atoms with van der Waals surface area (Å²) < 4.78 is 5.63. The molecule has 2 rings (SSSR count). The molecule has 1 heterocycles. The highest BCUT2D eigenvalue weighted by atomic mass is 16.5. The number of benzene rings is 1. The van der Waals surface area contributed by atoms with Crippen molar-refractivity contribution in [3.8, 4) is 0 Å². The van der Waals surface area contributed by atoms with E-state index in [1.165, 1.54) is 5.56 Å². The van der Waals surface area contributed by atoms with Gasteiger partial charge in [-0.05, 0) is 29.9 Å². The molecule has 2 atom stereocenters. The fraction of sp³-hybridized carbons (Fsp3) is 0.529. The average molecular weight is 259 g/mol. The van der Waals surface area contributed by atoms with Crippen molar-refractivity contribution < 1.29 is 4.74 Å². The van der Waals surface area contributed by atoms with Crippen LogP contribution in [0.25, 0.3) is 0 Å². The predicted molar refractivity (Wildman–Crippen MR) is 79.9 cm³/mol. The van der Waals surface area contributed by atoms with E-state index in [0.29, 0.717) is 12.1 Å². The van der Waals surface area contributed by atoms with Crippen molar-refractivity contribution in [2.75, 3.05) is 6.54 Å². The lowest BCUT2D eigenvalue weighted by Gasteiger charge is -2.33. The molecule has 1 N–H and O–H groups in total. The molecule has 0 aliphatic carbocycles. The van der Waals surface area contributed by atoms with Crippen molar-refractivity contribution in [3.63, 3.8) is 0 Å². The smallest absolute Gasteiger partial charge is 0.110 e. The molecule has 0 aromatic heterocycles. The Hall–Kier alpha value is -1.28. The van der Waals surface area contributed by atoms with Crippen LogP contribution in [0.2, 0.25) is 0 Å². The SMILES string of the molecule is CC(C)(C)C(NCC1CCC=CO1)c1ccccc1. The largest absolute Gasteiger partial charge is 0.497 e. The van der Waals surface area contributed by atoms with E-state index in [9.17, 15) is 0 Å². The Kier molecular flexibility index (Phi) is 4.65. The molecule has 1 aliphatic rings. The Morgan fingerprint density at radius 1 is 1.26 bits per heavy atom. The molecule has 19 heavy (non-hydrogen) atoms. The Bertz CT molecular complexity index is 405. The van der Waals surface area contributed by atoms with E-state index in [4.69, 9.17) is 4.74 Å². The predicted octanol–water partition coefficient (Wildman–Crippen LogP) is 4.06. The maximum Gasteiger partial charge on any atom is 0.110 e. The molecule has 0 saturated carbocycles. The summed E-state index contributed by atoms with van der Waals surface area (Å²) in [6.45, 7) is 7.74. The van der Waals surface area contributed by atoms with E-state index in [1.54, 1.807) is 0 Å². The Morgan fingerprint density at radius 3 is 2.58 bits per heavy atom. The molecule has 2 nitrogen and oxygen atoms in total. The fourth-order valence-electron chi connectivity index (χ4n) is 2.55. The zero-order valence-corrected chi connectivity index (χ0v) is 12.2. The molecule has 0 bridgehead atoms. The minimum Gasteiger partial charge on any atom is -0.497 e. The van der Waals surface area contributed by atoms with Crippen molar-refractivity contribution >= 4 is 0 Å². The topological polar surface area (TPSA) is 21.3 Å². The van der Waals surface area contributed by atoms with Crippen LogP contribution < -0.4 is 5.32 Å². The van der Waals surface area contributed by atoms with E-state index in [2.05, 4.69) is 62.5 Å². The molecular formula is C17H25NO. The van der Waals surface area contributed by atoms with Crippen LogP contribution in [-0.2, 0) is 4.74 Å². The van der Waals surface area contributed by atoms with Gasteiger partial charge in [0, 0.05) is 12.6 Å². The van der Waals surface area contributed by atoms with Crippen LogP contribution in [0, 0.1) is 5.41 Å². The number of nitrogens with one attached hydrogen (secondary N) is 1. The van der Waals surface area contributed by atoms with Gasteiger partial charge in [-0.25, -0.2) is 0 Å². The number of hydrogen-bond donors (Lipinski definition) is 1. The maximum atomic E-state index is 5.63.